The van der Waals surface area contributed by atoms with E-state index in [0.717, 1.165) is 35.5 Å². The van der Waals surface area contributed by atoms with E-state index in [9.17, 15) is 0 Å². The summed E-state index contributed by atoms with van der Waals surface area (Å²) in [5.41, 5.74) is 8.11. The molecular weight excluding hydrogens is 254 g/mol. The molecule has 15 heavy (non-hydrogen) atoms. The second-order valence-corrected chi connectivity index (χ2v) is 4.73. The monoisotopic (exact) mass is 267 g/mol. The molecule has 0 spiro atoms. The van der Waals surface area contributed by atoms with Crippen LogP contribution in [0.5, 0.6) is 0 Å². The SMILES string of the molecule is CC1=CCN(c2ncc(Br)cc2N)CC1. The van der Waals surface area contributed by atoms with Crippen molar-refractivity contribution in [2.45, 2.75) is 13.3 Å². The third kappa shape index (κ3) is 2.31. The number of hydrogen-bond donors (Lipinski definition) is 1. The number of rotatable bonds is 1. The van der Waals surface area contributed by atoms with E-state index < -0.39 is 0 Å². The van der Waals surface area contributed by atoms with Gasteiger partial charge in [-0.25, -0.2) is 4.98 Å². The number of nitrogens with two attached hydrogens (primary N) is 1. The molecule has 0 bridgehead atoms. The fraction of sp³-hybridized carbons (Fsp3) is 0.364. The fourth-order valence-electron chi connectivity index (χ4n) is 1.67. The Hall–Kier alpha value is -1.03. The van der Waals surface area contributed by atoms with Gasteiger partial charge >= 0.3 is 0 Å². The van der Waals surface area contributed by atoms with Gasteiger partial charge in [0.1, 0.15) is 0 Å². The van der Waals surface area contributed by atoms with Crippen LogP contribution in [-0.2, 0) is 0 Å². The summed E-state index contributed by atoms with van der Waals surface area (Å²) in [6.45, 7) is 4.07. The van der Waals surface area contributed by atoms with Gasteiger partial charge < -0.3 is 10.6 Å². The highest BCUT2D eigenvalue weighted by atomic mass is 79.9. The predicted molar refractivity (Wildman–Crippen MR) is 66.9 cm³/mol. The van der Waals surface area contributed by atoms with Crippen molar-refractivity contribution >= 4 is 27.4 Å². The van der Waals surface area contributed by atoms with Crippen LogP contribution in [0.1, 0.15) is 13.3 Å². The molecule has 2 N–H and O–H groups in total. The van der Waals surface area contributed by atoms with Gasteiger partial charge in [-0.1, -0.05) is 11.6 Å². The van der Waals surface area contributed by atoms with Crippen molar-refractivity contribution in [2.24, 2.45) is 0 Å². The van der Waals surface area contributed by atoms with Crippen LogP contribution in [0, 0.1) is 0 Å². The van der Waals surface area contributed by atoms with Gasteiger partial charge in [0.15, 0.2) is 5.82 Å². The lowest BCUT2D eigenvalue weighted by Crippen LogP contribution is -2.29. The summed E-state index contributed by atoms with van der Waals surface area (Å²) in [5, 5.41) is 0. The Balaban J connectivity index is 2.23. The maximum atomic E-state index is 5.93. The maximum absolute atomic E-state index is 5.93. The highest BCUT2D eigenvalue weighted by molar-refractivity contribution is 9.10. The van der Waals surface area contributed by atoms with Crippen LogP contribution in [-0.4, -0.2) is 18.1 Å². The zero-order valence-corrected chi connectivity index (χ0v) is 10.3. The smallest absolute Gasteiger partial charge is 0.152 e. The molecule has 0 radical (unpaired) electrons. The Morgan fingerprint density at radius 3 is 2.93 bits per heavy atom. The van der Waals surface area contributed by atoms with Crippen molar-refractivity contribution in [3.63, 3.8) is 0 Å². The van der Waals surface area contributed by atoms with Crippen molar-refractivity contribution in [3.8, 4) is 0 Å². The van der Waals surface area contributed by atoms with Crippen molar-refractivity contribution in [3.05, 3.63) is 28.4 Å². The standard InChI is InChI=1S/C11H14BrN3/c1-8-2-4-15(5-3-8)11-10(13)6-9(12)7-14-11/h2,6-7H,3-5,13H2,1H3. The first kappa shape index (κ1) is 10.5. The first-order valence-electron chi connectivity index (χ1n) is 4.98. The summed E-state index contributed by atoms with van der Waals surface area (Å²) in [6, 6.07) is 1.90. The van der Waals surface area contributed by atoms with Crippen molar-refractivity contribution in [1.29, 1.82) is 0 Å². The van der Waals surface area contributed by atoms with Crippen molar-refractivity contribution < 1.29 is 0 Å². The third-order valence-electron chi connectivity index (χ3n) is 2.60. The molecule has 0 unspecified atom stereocenters. The fourth-order valence-corrected chi connectivity index (χ4v) is 2.02. The quantitative estimate of drug-likeness (QED) is 0.796. The van der Waals surface area contributed by atoms with Crippen LogP contribution >= 0.6 is 15.9 Å². The van der Waals surface area contributed by atoms with E-state index in [1.165, 1.54) is 5.57 Å². The van der Waals surface area contributed by atoms with Gasteiger partial charge in [-0.15, -0.1) is 0 Å². The molecule has 0 amide bonds. The molecule has 80 valence electrons. The second kappa shape index (κ2) is 4.23. The van der Waals surface area contributed by atoms with Crippen LogP contribution in [0.2, 0.25) is 0 Å². The van der Waals surface area contributed by atoms with E-state index >= 15 is 0 Å². The largest absolute Gasteiger partial charge is 0.396 e. The molecule has 3 nitrogen and oxygen atoms in total. The summed E-state index contributed by atoms with van der Waals surface area (Å²) in [5.74, 6) is 0.891. The van der Waals surface area contributed by atoms with Crippen LogP contribution in [0.3, 0.4) is 0 Å². The molecule has 1 aromatic heterocycles. The van der Waals surface area contributed by atoms with Gasteiger partial charge in [0, 0.05) is 23.8 Å². The van der Waals surface area contributed by atoms with Gasteiger partial charge in [0.05, 0.1) is 5.69 Å². The Kier molecular flexibility index (Phi) is 2.95. The second-order valence-electron chi connectivity index (χ2n) is 3.81. The third-order valence-corrected chi connectivity index (χ3v) is 3.03. The molecule has 1 aliphatic rings. The Morgan fingerprint density at radius 1 is 1.53 bits per heavy atom. The van der Waals surface area contributed by atoms with Crippen LogP contribution in [0.15, 0.2) is 28.4 Å². The number of halogens is 1. The van der Waals surface area contributed by atoms with Crippen LogP contribution < -0.4 is 10.6 Å². The maximum Gasteiger partial charge on any atom is 0.152 e. The van der Waals surface area contributed by atoms with Crippen LogP contribution in [0.25, 0.3) is 0 Å². The molecule has 1 aliphatic heterocycles. The van der Waals surface area contributed by atoms with Crippen molar-refractivity contribution in [2.75, 3.05) is 23.7 Å². The molecule has 0 aliphatic carbocycles. The van der Waals surface area contributed by atoms with E-state index in [-0.39, 0.29) is 0 Å². The molecule has 0 saturated carbocycles. The van der Waals surface area contributed by atoms with Gasteiger partial charge in [0.25, 0.3) is 0 Å². The highest BCUT2D eigenvalue weighted by Crippen LogP contribution is 2.25. The molecular formula is C11H14BrN3. The summed E-state index contributed by atoms with van der Waals surface area (Å²) in [7, 11) is 0. The highest BCUT2D eigenvalue weighted by Gasteiger charge is 2.13. The summed E-state index contributed by atoms with van der Waals surface area (Å²) in [4.78, 5) is 6.55. The van der Waals surface area contributed by atoms with E-state index in [4.69, 9.17) is 5.73 Å². The zero-order valence-electron chi connectivity index (χ0n) is 8.70. The molecule has 1 aromatic rings. The molecule has 4 heteroatoms. The number of nitrogens with zero attached hydrogens (tertiary/aromatic N) is 2. The number of hydrogen-bond acceptors (Lipinski definition) is 3. The molecule has 0 atom stereocenters. The Labute approximate surface area is 98.1 Å². The van der Waals surface area contributed by atoms with E-state index in [1.807, 2.05) is 6.07 Å². The Bertz CT molecular complexity index is 401. The average molecular weight is 268 g/mol. The molecule has 2 heterocycles. The van der Waals surface area contributed by atoms with Gasteiger partial charge in [-0.05, 0) is 35.3 Å². The summed E-state index contributed by atoms with van der Waals surface area (Å²) >= 11 is 3.36. The first-order chi connectivity index (χ1) is 7.16. The normalized spacial score (nSPS) is 16.4. The number of aromatic nitrogens is 1. The molecule has 0 aromatic carbocycles. The topological polar surface area (TPSA) is 42.2 Å². The lowest BCUT2D eigenvalue weighted by molar-refractivity contribution is 0.776. The van der Waals surface area contributed by atoms with Gasteiger partial charge in [-0.3, -0.25) is 0 Å². The predicted octanol–water partition coefficient (Wildman–Crippen LogP) is 2.58. The van der Waals surface area contributed by atoms with E-state index in [2.05, 4.69) is 38.8 Å². The minimum Gasteiger partial charge on any atom is -0.396 e. The number of pyridine rings is 1. The van der Waals surface area contributed by atoms with E-state index in [1.54, 1.807) is 6.20 Å². The molecule has 0 fully saturated rings. The lowest BCUT2D eigenvalue weighted by atomic mass is 10.1. The number of nitrogen functional groups attached to an aromatic ring is 1. The van der Waals surface area contributed by atoms with Crippen molar-refractivity contribution in [1.82, 2.24) is 4.98 Å². The molecule has 2 rings (SSSR count). The zero-order chi connectivity index (χ0) is 10.8. The van der Waals surface area contributed by atoms with Gasteiger partial charge in [0.2, 0.25) is 0 Å². The minimum atomic E-state index is 0.734. The lowest BCUT2D eigenvalue weighted by Gasteiger charge is -2.27. The summed E-state index contributed by atoms with van der Waals surface area (Å²) in [6.07, 6.45) is 5.11. The summed E-state index contributed by atoms with van der Waals surface area (Å²) < 4.78 is 0.924. The van der Waals surface area contributed by atoms with E-state index in [0.29, 0.717) is 0 Å². The molecule has 0 saturated heterocycles. The van der Waals surface area contributed by atoms with Gasteiger partial charge in [-0.2, -0.15) is 0 Å². The first-order valence-corrected chi connectivity index (χ1v) is 5.78. The minimum absolute atomic E-state index is 0.734. The number of anilines is 2. The Morgan fingerprint density at radius 2 is 2.33 bits per heavy atom. The van der Waals surface area contributed by atoms with Crippen LogP contribution in [0.4, 0.5) is 11.5 Å². The average Bonchev–Trinajstić information content (AvgIpc) is 2.20.